The number of aliphatic hydroxyl groups is 1. The number of carbonyl (C=O) groups excluding carboxylic acids is 2. The van der Waals surface area contributed by atoms with Crippen LogP contribution in [0.25, 0.3) is 11.1 Å². The topological polar surface area (TPSA) is 113 Å². The lowest BCUT2D eigenvalue weighted by Gasteiger charge is -2.20. The quantitative estimate of drug-likeness (QED) is 0.436. The molecule has 2 atom stereocenters. The molecule has 0 unspecified atom stereocenters. The van der Waals surface area contributed by atoms with E-state index in [0.717, 1.165) is 22.3 Å². The number of hydrogen-bond donors (Lipinski definition) is 3. The molecule has 3 N–H and O–H groups in total. The average Bonchev–Trinajstić information content (AvgIpc) is 2.70. The second-order valence-corrected chi connectivity index (χ2v) is 7.28. The van der Waals surface area contributed by atoms with E-state index in [1.165, 1.54) is 0 Å². The second-order valence-electron chi connectivity index (χ2n) is 6.84. The summed E-state index contributed by atoms with van der Waals surface area (Å²) in [6, 6.07) is 12.3. The highest BCUT2D eigenvalue weighted by atomic mass is 35.5. The first-order valence-electron chi connectivity index (χ1n) is 9.45. The van der Waals surface area contributed by atoms with Crippen molar-refractivity contribution in [2.45, 2.75) is 38.8 Å². The van der Waals surface area contributed by atoms with E-state index in [-0.39, 0.29) is 19.4 Å². The van der Waals surface area contributed by atoms with Gasteiger partial charge in [-0.1, -0.05) is 41.9 Å². The largest absolute Gasteiger partial charge is 0.474 e. The average molecular weight is 434 g/mol. The van der Waals surface area contributed by atoms with Crippen molar-refractivity contribution in [1.82, 2.24) is 5.32 Å². The second kappa shape index (κ2) is 10.8. The summed E-state index contributed by atoms with van der Waals surface area (Å²) in [5.74, 6) is -3.67. The monoisotopic (exact) mass is 433 g/mol. The van der Waals surface area contributed by atoms with E-state index >= 15 is 0 Å². The first kappa shape index (κ1) is 23.4. The minimum atomic E-state index is -1.64. The van der Waals surface area contributed by atoms with E-state index in [4.69, 9.17) is 21.4 Å². The molecule has 1 amide bonds. The number of ether oxygens (including phenoxy) is 1. The van der Waals surface area contributed by atoms with E-state index in [1.807, 2.05) is 49.4 Å². The predicted molar refractivity (Wildman–Crippen MR) is 112 cm³/mol. The van der Waals surface area contributed by atoms with Crippen molar-refractivity contribution in [1.29, 1.82) is 0 Å². The van der Waals surface area contributed by atoms with Crippen molar-refractivity contribution in [3.63, 3.8) is 0 Å². The van der Waals surface area contributed by atoms with Crippen LogP contribution in [0.5, 0.6) is 0 Å². The van der Waals surface area contributed by atoms with Gasteiger partial charge in [-0.2, -0.15) is 0 Å². The molecule has 0 saturated heterocycles. The van der Waals surface area contributed by atoms with Gasteiger partial charge in [0.25, 0.3) is 0 Å². The van der Waals surface area contributed by atoms with Crippen molar-refractivity contribution in [2.24, 2.45) is 0 Å². The maximum atomic E-state index is 11.7. The van der Waals surface area contributed by atoms with Gasteiger partial charge in [0.05, 0.1) is 6.61 Å². The van der Waals surface area contributed by atoms with E-state index < -0.39 is 30.0 Å². The molecule has 0 spiro atoms. The molecule has 30 heavy (non-hydrogen) atoms. The molecule has 0 fully saturated rings. The number of esters is 1. The van der Waals surface area contributed by atoms with Gasteiger partial charge in [0.1, 0.15) is 0 Å². The Bertz CT molecular complexity index is 912. The predicted octanol–water partition coefficient (Wildman–Crippen LogP) is 2.74. The third-order valence-corrected chi connectivity index (χ3v) is 4.78. The van der Waals surface area contributed by atoms with E-state index in [9.17, 15) is 19.5 Å². The number of amides is 1. The van der Waals surface area contributed by atoms with Crippen molar-refractivity contribution in [2.75, 3.05) is 6.61 Å². The van der Waals surface area contributed by atoms with Gasteiger partial charge in [-0.3, -0.25) is 4.79 Å². The number of hydrogen-bond acceptors (Lipinski definition) is 5. The van der Waals surface area contributed by atoms with Gasteiger partial charge in [0.15, 0.2) is 6.10 Å². The van der Waals surface area contributed by atoms with Crippen LogP contribution in [0.15, 0.2) is 42.5 Å². The number of carboxylic acid groups (broad SMARTS) is 1. The SMILES string of the molecule is CCOC(=O)[C@H](O)C[C@@H](Cc1ccc(-c2cc(Cl)ccc2C)cc1)NC(=O)C(=O)O. The van der Waals surface area contributed by atoms with Crippen LogP contribution in [0, 0.1) is 6.92 Å². The first-order chi connectivity index (χ1) is 14.2. The zero-order chi connectivity index (χ0) is 22.3. The molecule has 2 aromatic carbocycles. The molecule has 0 saturated carbocycles. The Kier molecular flexibility index (Phi) is 8.38. The van der Waals surface area contributed by atoms with Gasteiger partial charge in [0, 0.05) is 17.5 Å². The molecule has 7 nitrogen and oxygen atoms in total. The number of benzene rings is 2. The van der Waals surface area contributed by atoms with Gasteiger partial charge in [0.2, 0.25) is 0 Å². The number of aliphatic carboxylic acids is 1. The van der Waals surface area contributed by atoms with Crippen molar-refractivity contribution in [3.05, 3.63) is 58.6 Å². The fourth-order valence-electron chi connectivity index (χ4n) is 3.05. The summed E-state index contributed by atoms with van der Waals surface area (Å²) < 4.78 is 4.76. The molecule has 0 radical (unpaired) electrons. The highest BCUT2D eigenvalue weighted by Gasteiger charge is 2.25. The van der Waals surface area contributed by atoms with E-state index in [1.54, 1.807) is 6.92 Å². The minimum Gasteiger partial charge on any atom is -0.474 e. The number of aliphatic hydroxyl groups excluding tert-OH is 1. The molecule has 0 aliphatic rings. The maximum Gasteiger partial charge on any atom is 0.394 e. The lowest BCUT2D eigenvalue weighted by Crippen LogP contribution is -2.43. The lowest BCUT2D eigenvalue weighted by molar-refractivity contribution is -0.154. The maximum absolute atomic E-state index is 11.7. The summed E-state index contributed by atoms with van der Waals surface area (Å²) in [6.07, 6.45) is -1.42. The van der Waals surface area contributed by atoms with Gasteiger partial charge in [-0.15, -0.1) is 0 Å². The van der Waals surface area contributed by atoms with Crippen LogP contribution in [0.3, 0.4) is 0 Å². The Labute approximate surface area is 179 Å². The normalized spacial score (nSPS) is 12.7. The summed E-state index contributed by atoms with van der Waals surface area (Å²) in [4.78, 5) is 34.2. The molecule has 0 heterocycles. The zero-order valence-corrected chi connectivity index (χ0v) is 17.5. The number of carboxylic acids is 1. The summed E-state index contributed by atoms with van der Waals surface area (Å²) >= 11 is 6.09. The third kappa shape index (κ3) is 6.57. The molecule has 0 aromatic heterocycles. The molecular weight excluding hydrogens is 410 g/mol. The van der Waals surface area contributed by atoms with Gasteiger partial charge >= 0.3 is 17.8 Å². The molecule has 0 aliphatic carbocycles. The van der Waals surface area contributed by atoms with Crippen LogP contribution in [0.2, 0.25) is 5.02 Å². The highest BCUT2D eigenvalue weighted by Crippen LogP contribution is 2.27. The van der Waals surface area contributed by atoms with Crippen LogP contribution in [-0.4, -0.2) is 46.8 Å². The zero-order valence-electron chi connectivity index (χ0n) is 16.7. The van der Waals surface area contributed by atoms with Gasteiger partial charge in [-0.25, -0.2) is 9.59 Å². The highest BCUT2D eigenvalue weighted by molar-refractivity contribution is 6.31. The van der Waals surface area contributed by atoms with Crippen LogP contribution >= 0.6 is 11.6 Å². The number of halogens is 1. The van der Waals surface area contributed by atoms with Crippen LogP contribution in [0.4, 0.5) is 0 Å². The summed E-state index contributed by atoms with van der Waals surface area (Å²) in [6.45, 7) is 3.69. The fraction of sp³-hybridized carbons (Fsp3) is 0.318. The molecule has 2 aromatic rings. The molecule has 0 bridgehead atoms. The minimum absolute atomic E-state index is 0.104. The fourth-order valence-corrected chi connectivity index (χ4v) is 3.23. The summed E-state index contributed by atoms with van der Waals surface area (Å²) in [5.41, 5.74) is 3.81. The number of rotatable bonds is 8. The third-order valence-electron chi connectivity index (χ3n) is 4.54. The number of nitrogens with one attached hydrogen (secondary N) is 1. The van der Waals surface area contributed by atoms with Crippen LogP contribution in [0.1, 0.15) is 24.5 Å². The Balaban J connectivity index is 2.17. The Hall–Kier alpha value is -2.90. The van der Waals surface area contributed by atoms with Gasteiger partial charge in [-0.05, 0) is 54.7 Å². The van der Waals surface area contributed by atoms with Crippen molar-refractivity contribution < 1.29 is 29.3 Å². The standard InChI is InChI=1S/C22H24ClNO6/c1-3-30-22(29)19(25)12-17(24-20(26)21(27)28)10-14-5-7-15(8-6-14)18-11-16(23)9-4-13(18)2/h4-9,11,17,19,25H,3,10,12H2,1-2H3,(H,24,26)(H,27,28)/t17-,19-/m1/s1. The molecule has 160 valence electrons. The molecule has 2 rings (SSSR count). The molecule has 8 heteroatoms. The molecular formula is C22H24ClNO6. The Morgan fingerprint density at radius 3 is 2.40 bits per heavy atom. The van der Waals surface area contributed by atoms with E-state index in [2.05, 4.69) is 5.32 Å². The van der Waals surface area contributed by atoms with Crippen LogP contribution < -0.4 is 5.32 Å². The summed E-state index contributed by atoms with van der Waals surface area (Å²) in [5, 5.41) is 21.8. The number of carbonyl (C=O) groups is 3. The van der Waals surface area contributed by atoms with Gasteiger partial charge < -0.3 is 20.3 Å². The van der Waals surface area contributed by atoms with Crippen molar-refractivity contribution >= 4 is 29.4 Å². The number of aryl methyl sites for hydroxylation is 1. The summed E-state index contributed by atoms with van der Waals surface area (Å²) in [7, 11) is 0. The Morgan fingerprint density at radius 1 is 1.13 bits per heavy atom. The first-order valence-corrected chi connectivity index (χ1v) is 9.83. The van der Waals surface area contributed by atoms with E-state index in [0.29, 0.717) is 5.02 Å². The van der Waals surface area contributed by atoms with Crippen molar-refractivity contribution in [3.8, 4) is 11.1 Å². The van der Waals surface area contributed by atoms with Crippen LogP contribution in [-0.2, 0) is 25.5 Å². The Morgan fingerprint density at radius 2 is 1.80 bits per heavy atom. The smallest absolute Gasteiger partial charge is 0.394 e. The molecule has 0 aliphatic heterocycles. The lowest BCUT2D eigenvalue weighted by atomic mass is 9.96.